The monoisotopic (exact) mass is 300 g/mol. The summed E-state index contributed by atoms with van der Waals surface area (Å²) >= 11 is 0. The molecule has 2 aromatic rings. The van der Waals surface area contributed by atoms with Crippen LogP contribution in [0.3, 0.4) is 0 Å². The van der Waals surface area contributed by atoms with Gasteiger partial charge in [0, 0.05) is 37.6 Å². The molecule has 2 aromatic heterocycles. The molecule has 0 bridgehead atoms. The molecular weight excluding hydrogens is 276 g/mol. The second-order valence-corrected chi connectivity index (χ2v) is 6.70. The number of hydrogen-bond donors (Lipinski definition) is 0. The Morgan fingerprint density at radius 1 is 1.32 bits per heavy atom. The molecule has 1 aliphatic carbocycles. The van der Waals surface area contributed by atoms with E-state index >= 15 is 0 Å². The summed E-state index contributed by atoms with van der Waals surface area (Å²) in [6.45, 7) is 4.19. The van der Waals surface area contributed by atoms with Gasteiger partial charge in [0.2, 0.25) is 0 Å². The molecular formula is C17H24N4O. The number of carbonyl (C=O) groups is 1. The predicted octanol–water partition coefficient (Wildman–Crippen LogP) is 3.37. The second-order valence-electron chi connectivity index (χ2n) is 6.70. The quantitative estimate of drug-likeness (QED) is 0.873. The first-order valence-electron chi connectivity index (χ1n) is 8.08. The summed E-state index contributed by atoms with van der Waals surface area (Å²) in [5.74, 6) is 1.16. The Hall–Kier alpha value is -1.91. The first kappa shape index (κ1) is 15.0. The van der Waals surface area contributed by atoms with Crippen molar-refractivity contribution < 1.29 is 4.79 Å². The summed E-state index contributed by atoms with van der Waals surface area (Å²) in [6, 6.07) is 2.33. The van der Waals surface area contributed by atoms with Gasteiger partial charge in [0.05, 0.1) is 0 Å². The van der Waals surface area contributed by atoms with Crippen LogP contribution in [-0.4, -0.2) is 39.4 Å². The van der Waals surface area contributed by atoms with Crippen LogP contribution in [0, 0.1) is 0 Å². The van der Waals surface area contributed by atoms with Crippen LogP contribution in [-0.2, 0) is 0 Å². The molecule has 1 saturated carbocycles. The molecule has 0 atom stereocenters. The third-order valence-electron chi connectivity index (χ3n) is 4.43. The van der Waals surface area contributed by atoms with E-state index in [0.717, 1.165) is 35.4 Å². The first-order chi connectivity index (χ1) is 10.5. The van der Waals surface area contributed by atoms with E-state index in [1.165, 1.54) is 12.8 Å². The SMILES string of the molecule is CC(C)c1ncc2cc(C(=O)N(C)C)n(C3CCCC3)c2n1. The smallest absolute Gasteiger partial charge is 0.270 e. The van der Waals surface area contributed by atoms with Gasteiger partial charge < -0.3 is 9.47 Å². The Morgan fingerprint density at radius 2 is 2.00 bits per heavy atom. The molecule has 5 nitrogen and oxygen atoms in total. The second kappa shape index (κ2) is 5.71. The van der Waals surface area contributed by atoms with Crippen LogP contribution < -0.4 is 0 Å². The van der Waals surface area contributed by atoms with Gasteiger partial charge in [0.25, 0.3) is 5.91 Å². The van der Waals surface area contributed by atoms with E-state index in [0.29, 0.717) is 6.04 Å². The minimum Gasteiger partial charge on any atom is -0.343 e. The van der Waals surface area contributed by atoms with Gasteiger partial charge in [-0.1, -0.05) is 26.7 Å². The van der Waals surface area contributed by atoms with E-state index in [2.05, 4.69) is 23.4 Å². The van der Waals surface area contributed by atoms with E-state index in [4.69, 9.17) is 4.98 Å². The maximum Gasteiger partial charge on any atom is 0.270 e. The molecule has 0 aromatic carbocycles. The van der Waals surface area contributed by atoms with Crippen molar-refractivity contribution in [1.29, 1.82) is 0 Å². The highest BCUT2D eigenvalue weighted by Gasteiger charge is 2.26. The Morgan fingerprint density at radius 3 is 2.59 bits per heavy atom. The van der Waals surface area contributed by atoms with Gasteiger partial charge in [-0.15, -0.1) is 0 Å². The zero-order valence-corrected chi connectivity index (χ0v) is 13.8. The lowest BCUT2D eigenvalue weighted by Crippen LogP contribution is -2.25. The maximum absolute atomic E-state index is 12.6. The molecule has 0 aliphatic heterocycles. The van der Waals surface area contributed by atoms with Crippen molar-refractivity contribution in [2.75, 3.05) is 14.1 Å². The van der Waals surface area contributed by atoms with Crippen LogP contribution >= 0.6 is 0 Å². The zero-order chi connectivity index (χ0) is 15.9. The molecule has 22 heavy (non-hydrogen) atoms. The van der Waals surface area contributed by atoms with Gasteiger partial charge in [-0.25, -0.2) is 9.97 Å². The lowest BCUT2D eigenvalue weighted by atomic mass is 10.2. The van der Waals surface area contributed by atoms with Gasteiger partial charge in [0.15, 0.2) is 0 Å². The van der Waals surface area contributed by atoms with E-state index in [1.54, 1.807) is 19.0 Å². The third kappa shape index (κ3) is 2.49. The van der Waals surface area contributed by atoms with Gasteiger partial charge in [-0.3, -0.25) is 4.79 Å². The first-order valence-corrected chi connectivity index (χ1v) is 8.08. The minimum absolute atomic E-state index is 0.0380. The summed E-state index contributed by atoms with van der Waals surface area (Å²) < 4.78 is 2.16. The number of hydrogen-bond acceptors (Lipinski definition) is 3. The number of aromatic nitrogens is 3. The molecule has 1 amide bonds. The summed E-state index contributed by atoms with van der Waals surface area (Å²) in [7, 11) is 3.59. The fourth-order valence-corrected chi connectivity index (χ4v) is 3.23. The van der Waals surface area contributed by atoms with Crippen LogP contribution in [0.4, 0.5) is 0 Å². The van der Waals surface area contributed by atoms with Crippen LogP contribution in [0.1, 0.15) is 67.8 Å². The van der Waals surface area contributed by atoms with Crippen molar-refractivity contribution in [3.05, 3.63) is 23.8 Å². The van der Waals surface area contributed by atoms with Crippen molar-refractivity contribution in [3.63, 3.8) is 0 Å². The number of carbonyl (C=O) groups excluding carboxylic acids is 1. The lowest BCUT2D eigenvalue weighted by molar-refractivity contribution is 0.0815. The largest absolute Gasteiger partial charge is 0.343 e. The molecule has 118 valence electrons. The van der Waals surface area contributed by atoms with E-state index in [9.17, 15) is 4.79 Å². The molecule has 3 rings (SSSR count). The Bertz CT molecular complexity index is 696. The average molecular weight is 300 g/mol. The summed E-state index contributed by atoms with van der Waals surface area (Å²) in [5.41, 5.74) is 1.65. The number of amides is 1. The van der Waals surface area contributed by atoms with Gasteiger partial charge in [-0.05, 0) is 18.9 Å². The standard InChI is InChI=1S/C17H24N4O/c1-11(2)15-18-10-12-9-14(17(22)20(3)4)21(16(12)19-15)13-7-5-6-8-13/h9-11,13H,5-8H2,1-4H3. The van der Waals surface area contributed by atoms with Crippen molar-refractivity contribution in [3.8, 4) is 0 Å². The predicted molar refractivity (Wildman–Crippen MR) is 87.1 cm³/mol. The Balaban J connectivity index is 2.21. The van der Waals surface area contributed by atoms with Crippen LogP contribution in [0.25, 0.3) is 11.0 Å². The van der Waals surface area contributed by atoms with Crippen molar-refractivity contribution in [1.82, 2.24) is 19.4 Å². The average Bonchev–Trinajstić information content (AvgIpc) is 3.11. The highest BCUT2D eigenvalue weighted by Crippen LogP contribution is 2.34. The molecule has 2 heterocycles. The van der Waals surface area contributed by atoms with Crippen molar-refractivity contribution in [2.45, 2.75) is 51.5 Å². The number of nitrogens with zero attached hydrogens (tertiary/aromatic N) is 4. The summed E-state index contributed by atoms with van der Waals surface area (Å²) in [6.07, 6.45) is 6.55. The number of rotatable bonds is 3. The lowest BCUT2D eigenvalue weighted by Gasteiger charge is -2.19. The van der Waals surface area contributed by atoms with Gasteiger partial charge in [0.1, 0.15) is 17.2 Å². The summed E-state index contributed by atoms with van der Waals surface area (Å²) in [5, 5.41) is 0.960. The zero-order valence-electron chi connectivity index (χ0n) is 13.8. The molecule has 0 N–H and O–H groups in total. The molecule has 5 heteroatoms. The van der Waals surface area contributed by atoms with Crippen molar-refractivity contribution in [2.24, 2.45) is 0 Å². The fourth-order valence-electron chi connectivity index (χ4n) is 3.23. The van der Waals surface area contributed by atoms with Gasteiger partial charge >= 0.3 is 0 Å². The minimum atomic E-state index is 0.0380. The maximum atomic E-state index is 12.6. The molecule has 0 radical (unpaired) electrons. The molecule has 1 aliphatic rings. The number of fused-ring (bicyclic) bond motifs is 1. The van der Waals surface area contributed by atoms with Crippen LogP contribution in [0.2, 0.25) is 0 Å². The third-order valence-corrected chi connectivity index (χ3v) is 4.43. The Labute approximate surface area is 131 Å². The van der Waals surface area contributed by atoms with E-state index < -0.39 is 0 Å². The van der Waals surface area contributed by atoms with Crippen molar-refractivity contribution >= 4 is 16.9 Å². The Kier molecular flexibility index (Phi) is 3.89. The topological polar surface area (TPSA) is 51.0 Å². The normalized spacial score (nSPS) is 15.9. The summed E-state index contributed by atoms with van der Waals surface area (Å²) in [4.78, 5) is 23.4. The molecule has 0 unspecified atom stereocenters. The highest BCUT2D eigenvalue weighted by atomic mass is 16.2. The van der Waals surface area contributed by atoms with Crippen LogP contribution in [0.5, 0.6) is 0 Å². The van der Waals surface area contributed by atoms with Gasteiger partial charge in [-0.2, -0.15) is 0 Å². The molecule has 0 spiro atoms. The fraction of sp³-hybridized carbons (Fsp3) is 0.588. The molecule has 1 fully saturated rings. The van der Waals surface area contributed by atoms with E-state index in [1.807, 2.05) is 12.3 Å². The highest BCUT2D eigenvalue weighted by molar-refractivity contribution is 5.97. The van der Waals surface area contributed by atoms with E-state index in [-0.39, 0.29) is 11.8 Å². The molecule has 0 saturated heterocycles. The van der Waals surface area contributed by atoms with Crippen LogP contribution in [0.15, 0.2) is 12.3 Å².